The Labute approximate surface area is 231 Å². The second kappa shape index (κ2) is 13.2. The van der Waals surface area contributed by atoms with Crippen molar-refractivity contribution in [3.05, 3.63) is 120 Å². The largest absolute Gasteiger partial charge is 0.355 e. The molecule has 4 nitrogen and oxygen atoms in total. The van der Waals surface area contributed by atoms with E-state index >= 15 is 0 Å². The quantitative estimate of drug-likeness (QED) is 0.253. The third-order valence-electron chi connectivity index (χ3n) is 7.69. The Balaban J connectivity index is 1.05. The van der Waals surface area contributed by atoms with Crippen molar-refractivity contribution in [2.24, 2.45) is 11.8 Å². The van der Waals surface area contributed by atoms with Gasteiger partial charge in [0.2, 0.25) is 5.91 Å². The molecule has 0 radical (unpaired) electrons. The molecule has 198 valence electrons. The molecule has 0 saturated carbocycles. The Kier molecular flexibility index (Phi) is 8.97. The van der Waals surface area contributed by atoms with Crippen LogP contribution in [0.25, 0.3) is 22.3 Å². The van der Waals surface area contributed by atoms with Gasteiger partial charge in [0.05, 0.1) is 5.92 Å². The van der Waals surface area contributed by atoms with Crippen LogP contribution >= 0.6 is 0 Å². The molecule has 4 aromatic rings. The van der Waals surface area contributed by atoms with Crippen molar-refractivity contribution >= 4 is 11.7 Å². The minimum atomic E-state index is -0.289. The van der Waals surface area contributed by atoms with Crippen LogP contribution < -0.4 is 10.6 Å². The zero-order valence-electron chi connectivity index (χ0n) is 22.3. The summed E-state index contributed by atoms with van der Waals surface area (Å²) < 4.78 is 0. The van der Waals surface area contributed by atoms with Gasteiger partial charge in [0, 0.05) is 32.0 Å². The van der Waals surface area contributed by atoms with Crippen LogP contribution in [-0.2, 0) is 22.4 Å². The summed E-state index contributed by atoms with van der Waals surface area (Å²) >= 11 is 0. The van der Waals surface area contributed by atoms with Crippen molar-refractivity contribution in [2.75, 3.05) is 19.6 Å². The fraction of sp³-hybridized carbons (Fsp3) is 0.257. The van der Waals surface area contributed by atoms with Crippen molar-refractivity contribution in [3.8, 4) is 22.3 Å². The molecule has 1 fully saturated rings. The first-order valence-corrected chi connectivity index (χ1v) is 14.0. The zero-order valence-corrected chi connectivity index (χ0v) is 22.3. The molecule has 1 saturated heterocycles. The molecule has 4 aromatic carbocycles. The fourth-order valence-corrected chi connectivity index (χ4v) is 5.39. The van der Waals surface area contributed by atoms with E-state index in [1.54, 1.807) is 0 Å². The van der Waals surface area contributed by atoms with Gasteiger partial charge < -0.3 is 10.6 Å². The van der Waals surface area contributed by atoms with Crippen LogP contribution in [0.1, 0.15) is 24.0 Å². The van der Waals surface area contributed by atoms with Gasteiger partial charge in [-0.25, -0.2) is 0 Å². The molecule has 1 aliphatic heterocycles. The van der Waals surface area contributed by atoms with Gasteiger partial charge in [-0.3, -0.25) is 9.59 Å². The van der Waals surface area contributed by atoms with Crippen LogP contribution in [0.5, 0.6) is 0 Å². The second-order valence-corrected chi connectivity index (χ2v) is 10.4. The number of benzene rings is 4. The molecular weight excluding hydrogens is 480 g/mol. The molecule has 2 atom stereocenters. The normalized spacial score (nSPS) is 16.6. The number of carbonyl (C=O) groups excluding carboxylic acids is 2. The number of hydrogen-bond acceptors (Lipinski definition) is 3. The molecule has 0 unspecified atom stereocenters. The fourth-order valence-electron chi connectivity index (χ4n) is 5.39. The maximum Gasteiger partial charge on any atom is 0.225 e. The third-order valence-corrected chi connectivity index (χ3v) is 7.69. The van der Waals surface area contributed by atoms with Gasteiger partial charge in [0.25, 0.3) is 0 Å². The summed E-state index contributed by atoms with van der Waals surface area (Å²) in [6.07, 6.45) is 2.93. The lowest BCUT2D eigenvalue weighted by Crippen LogP contribution is -2.38. The summed E-state index contributed by atoms with van der Waals surface area (Å²) in [5.41, 5.74) is 7.21. The highest BCUT2D eigenvalue weighted by Crippen LogP contribution is 2.23. The molecule has 2 N–H and O–H groups in total. The van der Waals surface area contributed by atoms with Gasteiger partial charge in [-0.1, -0.05) is 109 Å². The molecule has 1 amide bonds. The standard InChI is InChI=1S/C35H36N2O2/c38-34(13-7-8-26-14-18-30(19-15-26)28-9-3-1-4-10-28)32-24-36-25-33(32)35(39)37-23-22-27-16-20-31(21-17-27)29-11-5-2-6-12-29/h1-6,9-12,14-21,32-33,36H,7-8,13,22-25H2,(H,37,39)/t32-,33-/m1/s1. The lowest BCUT2D eigenvalue weighted by atomic mass is 9.88. The predicted molar refractivity (Wildman–Crippen MR) is 158 cm³/mol. The van der Waals surface area contributed by atoms with Gasteiger partial charge in [-0.2, -0.15) is 0 Å². The minimum Gasteiger partial charge on any atom is -0.355 e. The third kappa shape index (κ3) is 7.10. The number of Topliss-reactive ketones (excluding diaryl/α,β-unsaturated/α-hetero) is 1. The second-order valence-electron chi connectivity index (χ2n) is 10.4. The van der Waals surface area contributed by atoms with E-state index in [1.807, 2.05) is 36.4 Å². The first-order valence-electron chi connectivity index (χ1n) is 14.0. The molecule has 4 heteroatoms. The molecule has 1 heterocycles. The Morgan fingerprint density at radius 1 is 0.615 bits per heavy atom. The zero-order chi connectivity index (χ0) is 26.9. The maximum atomic E-state index is 13.0. The molecule has 5 rings (SSSR count). The highest BCUT2D eigenvalue weighted by atomic mass is 16.2. The Morgan fingerprint density at radius 3 is 1.67 bits per heavy atom. The summed E-state index contributed by atoms with van der Waals surface area (Å²) in [7, 11) is 0. The van der Waals surface area contributed by atoms with Crippen LogP contribution in [0, 0.1) is 11.8 Å². The Morgan fingerprint density at radius 2 is 1.10 bits per heavy atom. The van der Waals surface area contributed by atoms with E-state index < -0.39 is 0 Å². The summed E-state index contributed by atoms with van der Waals surface area (Å²) in [4.78, 5) is 25.9. The first-order chi connectivity index (χ1) is 19.2. The van der Waals surface area contributed by atoms with Crippen LogP contribution in [0.3, 0.4) is 0 Å². The van der Waals surface area contributed by atoms with Crippen molar-refractivity contribution in [1.29, 1.82) is 0 Å². The highest BCUT2D eigenvalue weighted by Gasteiger charge is 2.36. The van der Waals surface area contributed by atoms with Gasteiger partial charge in [0.15, 0.2) is 0 Å². The van der Waals surface area contributed by atoms with Gasteiger partial charge in [-0.15, -0.1) is 0 Å². The van der Waals surface area contributed by atoms with E-state index in [9.17, 15) is 9.59 Å². The molecule has 0 spiro atoms. The van der Waals surface area contributed by atoms with Crippen molar-refractivity contribution < 1.29 is 9.59 Å². The van der Waals surface area contributed by atoms with Crippen molar-refractivity contribution in [1.82, 2.24) is 10.6 Å². The lowest BCUT2D eigenvalue weighted by Gasteiger charge is -2.17. The maximum absolute atomic E-state index is 13.0. The summed E-state index contributed by atoms with van der Waals surface area (Å²) in [5.74, 6) is -0.355. The summed E-state index contributed by atoms with van der Waals surface area (Å²) in [6.45, 7) is 1.72. The van der Waals surface area contributed by atoms with Gasteiger partial charge in [0.1, 0.15) is 5.78 Å². The highest BCUT2D eigenvalue weighted by molar-refractivity contribution is 5.89. The van der Waals surface area contributed by atoms with E-state index in [4.69, 9.17) is 0 Å². The SMILES string of the molecule is O=C(CCCc1ccc(-c2ccccc2)cc1)[C@@H]1CNC[C@H]1C(=O)NCCc1ccc(-c2ccccc2)cc1. The average Bonchev–Trinajstić information content (AvgIpc) is 3.49. The molecular formula is C35H36N2O2. The van der Waals surface area contributed by atoms with E-state index in [0.717, 1.165) is 19.3 Å². The minimum absolute atomic E-state index is 0.0178. The van der Waals surface area contributed by atoms with Crippen molar-refractivity contribution in [2.45, 2.75) is 25.7 Å². The van der Waals surface area contributed by atoms with E-state index in [2.05, 4.69) is 83.4 Å². The number of ketones is 1. The molecule has 1 aliphatic rings. The van der Waals surface area contributed by atoms with Crippen LogP contribution in [0.15, 0.2) is 109 Å². The Hall–Kier alpha value is -4.02. The van der Waals surface area contributed by atoms with Crippen molar-refractivity contribution in [3.63, 3.8) is 0 Å². The van der Waals surface area contributed by atoms with E-state index in [1.165, 1.54) is 33.4 Å². The number of aryl methyl sites for hydroxylation is 1. The van der Waals surface area contributed by atoms with Crippen LogP contribution in [-0.4, -0.2) is 31.3 Å². The van der Waals surface area contributed by atoms with Gasteiger partial charge >= 0.3 is 0 Å². The van der Waals surface area contributed by atoms with E-state index in [0.29, 0.717) is 26.1 Å². The summed E-state index contributed by atoms with van der Waals surface area (Å²) in [6, 6.07) is 37.7. The van der Waals surface area contributed by atoms with Crippen LogP contribution in [0.2, 0.25) is 0 Å². The first kappa shape index (κ1) is 26.6. The number of hydrogen-bond donors (Lipinski definition) is 2. The topological polar surface area (TPSA) is 58.2 Å². The predicted octanol–water partition coefficient (Wildman–Crippen LogP) is 6.11. The number of nitrogens with one attached hydrogen (secondary N) is 2. The van der Waals surface area contributed by atoms with Crippen LogP contribution in [0.4, 0.5) is 0 Å². The molecule has 39 heavy (non-hydrogen) atoms. The number of rotatable bonds is 11. The lowest BCUT2D eigenvalue weighted by molar-refractivity contribution is -0.131. The van der Waals surface area contributed by atoms with Gasteiger partial charge in [-0.05, 0) is 52.6 Å². The number of carbonyl (C=O) groups is 2. The molecule has 0 aromatic heterocycles. The number of amides is 1. The van der Waals surface area contributed by atoms with E-state index in [-0.39, 0.29) is 23.5 Å². The smallest absolute Gasteiger partial charge is 0.225 e. The molecule has 0 aliphatic carbocycles. The monoisotopic (exact) mass is 516 g/mol. The summed E-state index contributed by atoms with van der Waals surface area (Å²) in [5, 5.41) is 6.34. The average molecular weight is 517 g/mol. The Bertz CT molecular complexity index is 1240. The molecule has 0 bridgehead atoms.